The van der Waals surface area contributed by atoms with Gasteiger partial charge in [0.15, 0.2) is 0 Å². The van der Waals surface area contributed by atoms with Gasteiger partial charge in [0, 0.05) is 17.8 Å². The Labute approximate surface area is 113 Å². The zero-order chi connectivity index (χ0) is 13.8. The molecule has 1 atom stereocenters. The summed E-state index contributed by atoms with van der Waals surface area (Å²) in [5.41, 5.74) is 9.67. The summed E-state index contributed by atoms with van der Waals surface area (Å²) < 4.78 is 13.8. The highest BCUT2D eigenvalue weighted by Gasteiger charge is 2.14. The fourth-order valence-corrected chi connectivity index (χ4v) is 2.10. The summed E-state index contributed by atoms with van der Waals surface area (Å²) in [6.07, 6.45) is 0. The van der Waals surface area contributed by atoms with Crippen LogP contribution in [0.15, 0.2) is 42.5 Å². The van der Waals surface area contributed by atoms with Gasteiger partial charge in [0.05, 0.1) is 6.04 Å². The van der Waals surface area contributed by atoms with Gasteiger partial charge < -0.3 is 11.1 Å². The van der Waals surface area contributed by atoms with E-state index in [0.717, 1.165) is 16.8 Å². The van der Waals surface area contributed by atoms with E-state index in [9.17, 15) is 4.39 Å². The van der Waals surface area contributed by atoms with Crippen LogP contribution in [0.4, 0.5) is 10.1 Å². The zero-order valence-corrected chi connectivity index (χ0v) is 11.3. The van der Waals surface area contributed by atoms with E-state index >= 15 is 0 Å². The van der Waals surface area contributed by atoms with Gasteiger partial charge in [-0.05, 0) is 37.1 Å². The molecule has 0 aromatic heterocycles. The zero-order valence-electron chi connectivity index (χ0n) is 11.3. The number of halogens is 1. The third-order valence-electron chi connectivity index (χ3n) is 3.24. The predicted octanol–water partition coefficient (Wildman–Crippen LogP) is 3.55. The number of aryl methyl sites for hydroxylation is 2. The fraction of sp³-hybridized carbons (Fsp3) is 0.250. The van der Waals surface area contributed by atoms with E-state index in [1.807, 2.05) is 26.0 Å². The summed E-state index contributed by atoms with van der Waals surface area (Å²) in [5, 5.41) is 3.33. The molecule has 0 heterocycles. The number of rotatable bonds is 4. The van der Waals surface area contributed by atoms with Crippen molar-refractivity contribution in [1.29, 1.82) is 0 Å². The van der Waals surface area contributed by atoms with Gasteiger partial charge in [-0.2, -0.15) is 0 Å². The van der Waals surface area contributed by atoms with Gasteiger partial charge in [0.25, 0.3) is 0 Å². The van der Waals surface area contributed by atoms with Gasteiger partial charge in [-0.15, -0.1) is 0 Å². The van der Waals surface area contributed by atoms with Gasteiger partial charge in [0.2, 0.25) is 0 Å². The molecule has 0 aliphatic rings. The molecule has 0 bridgehead atoms. The highest BCUT2D eigenvalue weighted by Crippen LogP contribution is 2.24. The van der Waals surface area contributed by atoms with Crippen LogP contribution in [0.3, 0.4) is 0 Å². The molecule has 3 N–H and O–H groups in total. The highest BCUT2D eigenvalue weighted by molar-refractivity contribution is 5.54. The lowest BCUT2D eigenvalue weighted by Gasteiger charge is -2.21. The number of anilines is 1. The molecule has 2 aromatic carbocycles. The van der Waals surface area contributed by atoms with Crippen LogP contribution in [-0.2, 0) is 0 Å². The van der Waals surface area contributed by atoms with Crippen molar-refractivity contribution in [2.75, 3.05) is 11.9 Å². The Morgan fingerprint density at radius 3 is 2.58 bits per heavy atom. The van der Waals surface area contributed by atoms with Crippen LogP contribution in [0.25, 0.3) is 0 Å². The van der Waals surface area contributed by atoms with E-state index < -0.39 is 0 Å². The number of nitrogens with one attached hydrogen (secondary N) is 1. The molecule has 0 amide bonds. The van der Waals surface area contributed by atoms with Crippen molar-refractivity contribution in [2.24, 2.45) is 5.73 Å². The van der Waals surface area contributed by atoms with Crippen LogP contribution < -0.4 is 11.1 Å². The van der Waals surface area contributed by atoms with E-state index in [0.29, 0.717) is 12.1 Å². The van der Waals surface area contributed by atoms with Crippen molar-refractivity contribution in [3.63, 3.8) is 0 Å². The number of nitrogens with two attached hydrogens (primary N) is 1. The summed E-state index contributed by atoms with van der Waals surface area (Å²) in [6, 6.07) is 12.7. The summed E-state index contributed by atoms with van der Waals surface area (Å²) >= 11 is 0. The molecule has 0 fully saturated rings. The molecular formula is C16H19FN2. The molecule has 0 aliphatic heterocycles. The average Bonchev–Trinajstić information content (AvgIpc) is 2.41. The van der Waals surface area contributed by atoms with Crippen LogP contribution in [-0.4, -0.2) is 6.54 Å². The Morgan fingerprint density at radius 1 is 1.16 bits per heavy atom. The van der Waals surface area contributed by atoms with Gasteiger partial charge >= 0.3 is 0 Å². The molecule has 0 spiro atoms. The molecule has 2 aromatic rings. The van der Waals surface area contributed by atoms with E-state index in [2.05, 4.69) is 17.4 Å². The second-order valence-electron chi connectivity index (χ2n) is 4.77. The van der Waals surface area contributed by atoms with E-state index in [1.165, 1.54) is 6.07 Å². The summed E-state index contributed by atoms with van der Waals surface area (Å²) in [7, 11) is 0. The molecule has 0 aliphatic carbocycles. The van der Waals surface area contributed by atoms with Crippen LogP contribution in [0.1, 0.15) is 22.7 Å². The standard InChI is InChI=1S/C16H19FN2/c1-11-7-8-12(2)15(9-11)19-16(10-18)13-5-3-4-6-14(13)17/h3-9,16,19H,10,18H2,1-2H3. The molecule has 3 heteroatoms. The van der Waals surface area contributed by atoms with Crippen molar-refractivity contribution in [1.82, 2.24) is 0 Å². The van der Waals surface area contributed by atoms with Gasteiger partial charge in [-0.25, -0.2) is 4.39 Å². The molecule has 0 radical (unpaired) electrons. The Morgan fingerprint density at radius 2 is 1.89 bits per heavy atom. The summed E-state index contributed by atoms with van der Waals surface area (Å²) in [4.78, 5) is 0. The first-order chi connectivity index (χ1) is 9.11. The monoisotopic (exact) mass is 258 g/mol. The maximum atomic E-state index is 13.8. The molecule has 19 heavy (non-hydrogen) atoms. The lowest BCUT2D eigenvalue weighted by molar-refractivity contribution is 0.593. The van der Waals surface area contributed by atoms with Gasteiger partial charge in [-0.3, -0.25) is 0 Å². The minimum Gasteiger partial charge on any atom is -0.377 e. The second kappa shape index (κ2) is 5.85. The van der Waals surface area contributed by atoms with Crippen molar-refractivity contribution in [3.05, 3.63) is 65.0 Å². The van der Waals surface area contributed by atoms with Crippen molar-refractivity contribution < 1.29 is 4.39 Å². The Balaban J connectivity index is 2.29. The molecule has 2 rings (SSSR count). The van der Waals surface area contributed by atoms with Crippen LogP contribution in [0.2, 0.25) is 0 Å². The minimum atomic E-state index is -0.226. The maximum Gasteiger partial charge on any atom is 0.128 e. The SMILES string of the molecule is Cc1ccc(C)c(NC(CN)c2ccccc2F)c1. The van der Waals surface area contributed by atoms with E-state index in [1.54, 1.807) is 12.1 Å². The van der Waals surface area contributed by atoms with E-state index in [4.69, 9.17) is 5.73 Å². The third-order valence-corrected chi connectivity index (χ3v) is 3.24. The van der Waals surface area contributed by atoms with Crippen molar-refractivity contribution >= 4 is 5.69 Å². The smallest absolute Gasteiger partial charge is 0.128 e. The van der Waals surface area contributed by atoms with Gasteiger partial charge in [-0.1, -0.05) is 30.3 Å². The van der Waals surface area contributed by atoms with Crippen molar-refractivity contribution in [3.8, 4) is 0 Å². The molecule has 0 saturated carbocycles. The van der Waals surface area contributed by atoms with Crippen LogP contribution in [0, 0.1) is 19.7 Å². The molecule has 2 nitrogen and oxygen atoms in total. The first kappa shape index (κ1) is 13.6. The predicted molar refractivity (Wildman–Crippen MR) is 77.7 cm³/mol. The number of benzene rings is 2. The Bertz CT molecular complexity index is 566. The maximum absolute atomic E-state index is 13.8. The van der Waals surface area contributed by atoms with Crippen LogP contribution >= 0.6 is 0 Å². The first-order valence-electron chi connectivity index (χ1n) is 6.40. The fourth-order valence-electron chi connectivity index (χ4n) is 2.10. The first-order valence-corrected chi connectivity index (χ1v) is 6.40. The Kier molecular flexibility index (Phi) is 4.17. The van der Waals surface area contributed by atoms with Crippen molar-refractivity contribution in [2.45, 2.75) is 19.9 Å². The number of hydrogen-bond donors (Lipinski definition) is 2. The lowest BCUT2D eigenvalue weighted by atomic mass is 10.0. The van der Waals surface area contributed by atoms with Gasteiger partial charge in [0.1, 0.15) is 5.82 Å². The van der Waals surface area contributed by atoms with E-state index in [-0.39, 0.29) is 11.9 Å². The average molecular weight is 258 g/mol. The largest absolute Gasteiger partial charge is 0.377 e. The molecular weight excluding hydrogens is 239 g/mol. The minimum absolute atomic E-state index is 0.221. The highest BCUT2D eigenvalue weighted by atomic mass is 19.1. The summed E-state index contributed by atoms with van der Waals surface area (Å²) in [5.74, 6) is -0.226. The van der Waals surface area contributed by atoms with Crippen LogP contribution in [0.5, 0.6) is 0 Å². The normalized spacial score (nSPS) is 12.2. The molecule has 0 saturated heterocycles. The molecule has 100 valence electrons. The summed E-state index contributed by atoms with van der Waals surface area (Å²) in [6.45, 7) is 4.40. The lowest BCUT2D eigenvalue weighted by Crippen LogP contribution is -2.22. The topological polar surface area (TPSA) is 38.0 Å². The quantitative estimate of drug-likeness (QED) is 0.880. The Hall–Kier alpha value is -1.87. The molecule has 1 unspecified atom stereocenters. The number of hydrogen-bond acceptors (Lipinski definition) is 2. The second-order valence-corrected chi connectivity index (χ2v) is 4.77. The third kappa shape index (κ3) is 3.12.